The van der Waals surface area contributed by atoms with Crippen molar-refractivity contribution in [1.82, 2.24) is 0 Å². The Hall–Kier alpha value is -0.650. The van der Waals surface area contributed by atoms with Crippen LogP contribution in [0.3, 0.4) is 0 Å². The predicted octanol–water partition coefficient (Wildman–Crippen LogP) is 6.14. The van der Waals surface area contributed by atoms with Crippen LogP contribution in [0.1, 0.15) is 98.8 Å². The molecule has 0 aromatic carbocycles. The molecule has 0 N–H and O–H groups in total. The first-order chi connectivity index (χ1) is 15.1. The van der Waals surface area contributed by atoms with E-state index in [4.69, 9.17) is 9.78 Å². The highest BCUT2D eigenvalue weighted by atomic mass is 32.2. The number of hydrogen-bond donors (Lipinski definition) is 0. The monoisotopic (exact) mass is 462 g/mol. The Morgan fingerprint density at radius 1 is 1.00 bits per heavy atom. The van der Waals surface area contributed by atoms with Crippen molar-refractivity contribution in [2.45, 2.75) is 110 Å². The van der Waals surface area contributed by atoms with E-state index in [9.17, 15) is 8.42 Å². The van der Waals surface area contributed by atoms with Gasteiger partial charge in [0.2, 0.25) is 10.3 Å². The van der Waals surface area contributed by atoms with Crippen LogP contribution in [0.15, 0.2) is 12.2 Å². The van der Waals surface area contributed by atoms with Crippen LogP contribution in [-0.4, -0.2) is 24.5 Å². The maximum absolute atomic E-state index is 11.7. The molecule has 4 fully saturated rings. The Balaban J connectivity index is 1.44. The van der Waals surface area contributed by atoms with Gasteiger partial charge in [-0.1, -0.05) is 60.0 Å². The zero-order valence-corrected chi connectivity index (χ0v) is 21.5. The van der Waals surface area contributed by atoms with Crippen LogP contribution < -0.4 is 0 Å². The minimum absolute atomic E-state index is 0.0643. The molecule has 2 bridgehead atoms. The van der Waals surface area contributed by atoms with Gasteiger partial charge in [-0.05, 0) is 67.8 Å². The Morgan fingerprint density at radius 2 is 1.78 bits per heavy atom. The van der Waals surface area contributed by atoms with Crippen molar-refractivity contribution in [3.8, 4) is 0 Å². The van der Waals surface area contributed by atoms with Gasteiger partial charge >= 0.3 is 0 Å². The van der Waals surface area contributed by atoms with Gasteiger partial charge in [0, 0.05) is 23.7 Å². The number of hydrogen-bond acceptors (Lipinski definition) is 4. The molecule has 2 spiro atoms. The van der Waals surface area contributed by atoms with Gasteiger partial charge in [0.15, 0.2) is 0 Å². The lowest BCUT2D eigenvalue weighted by atomic mass is 9.43. The normalized spacial score (nSPS) is 47.8. The van der Waals surface area contributed by atoms with Gasteiger partial charge < -0.3 is 0 Å². The summed E-state index contributed by atoms with van der Waals surface area (Å²) in [7, 11) is -2.14. The summed E-state index contributed by atoms with van der Waals surface area (Å²) in [6.45, 7) is 12.0. The summed E-state index contributed by atoms with van der Waals surface area (Å²) in [6, 6.07) is 0. The van der Waals surface area contributed by atoms with Gasteiger partial charge in [-0.2, -0.15) is 8.42 Å². The van der Waals surface area contributed by atoms with E-state index in [0.717, 1.165) is 30.6 Å². The summed E-state index contributed by atoms with van der Waals surface area (Å²) in [5.41, 5.74) is -0.740. The molecule has 2 heterocycles. The van der Waals surface area contributed by atoms with E-state index in [2.05, 4.69) is 46.8 Å². The third-order valence-corrected chi connectivity index (χ3v) is 11.7. The molecule has 2 aliphatic heterocycles. The number of fused-ring (bicyclic) bond motifs is 2. The highest BCUT2D eigenvalue weighted by molar-refractivity contribution is 7.73. The summed E-state index contributed by atoms with van der Waals surface area (Å²) in [5, 5.41) is 0. The van der Waals surface area contributed by atoms with E-state index < -0.39 is 15.9 Å². The van der Waals surface area contributed by atoms with Crippen molar-refractivity contribution < 1.29 is 18.2 Å². The average molecular weight is 463 g/mol. The maximum atomic E-state index is 11.7. The van der Waals surface area contributed by atoms with Crippen LogP contribution >= 0.6 is 0 Å². The highest BCUT2D eigenvalue weighted by Gasteiger charge is 2.74. The molecule has 0 aromatic rings. The number of rotatable bonds is 5. The van der Waals surface area contributed by atoms with Crippen LogP contribution in [0.5, 0.6) is 0 Å². The zero-order chi connectivity index (χ0) is 22.9. The second-order valence-electron chi connectivity index (χ2n) is 12.7. The molecule has 6 unspecified atom stereocenters. The minimum Gasteiger partial charge on any atom is -0.224 e. The standard InChI is InChI=1S/C27H42O4S/c1-18(2)7-6-8-19(3)21-9-10-22-24(21,4)13-12-23-25(5)14-11-20(32(28)29)17-26(25)15-16-27(22,23)31-30-26/h15-16,18-19,21-23H,6-14,17H2,1-5H3/t19?,21?,22?,23?,24-,25-,26?,27?/m1/s1. The molecule has 6 aliphatic rings. The third-order valence-electron chi connectivity index (χ3n) is 10.9. The predicted molar refractivity (Wildman–Crippen MR) is 128 cm³/mol. The summed E-state index contributed by atoms with van der Waals surface area (Å²) < 4.78 is 23.5. The molecule has 0 radical (unpaired) electrons. The Morgan fingerprint density at radius 3 is 2.44 bits per heavy atom. The molecule has 5 heteroatoms. The van der Waals surface area contributed by atoms with Gasteiger partial charge in [-0.3, -0.25) is 0 Å². The molecular formula is C27H42O4S. The largest absolute Gasteiger partial charge is 0.224 e. The van der Waals surface area contributed by atoms with E-state index >= 15 is 0 Å². The summed E-state index contributed by atoms with van der Waals surface area (Å²) in [4.78, 5) is 13.3. The fraction of sp³-hybridized carbons (Fsp3) is 0.889. The van der Waals surface area contributed by atoms with Crippen LogP contribution in [0.25, 0.3) is 0 Å². The summed E-state index contributed by atoms with van der Waals surface area (Å²) in [6.07, 6.45) is 15.4. The SMILES string of the molecule is CC(C)CCCC(C)C1CCC2C34C=CC5(CC(=S(=O)=O)CC[C@]5(C)C3CC[C@]12C)OO4. The third kappa shape index (κ3) is 3.02. The quantitative estimate of drug-likeness (QED) is 0.280. The van der Waals surface area contributed by atoms with E-state index in [0.29, 0.717) is 29.5 Å². The average Bonchev–Trinajstić information content (AvgIpc) is 3.10. The molecule has 32 heavy (non-hydrogen) atoms. The lowest BCUT2D eigenvalue weighted by Gasteiger charge is -2.69. The van der Waals surface area contributed by atoms with E-state index in [1.54, 1.807) is 0 Å². The van der Waals surface area contributed by atoms with E-state index in [1.807, 2.05) is 0 Å². The maximum Gasteiger partial charge on any atom is 0.213 e. The molecule has 1 saturated heterocycles. The van der Waals surface area contributed by atoms with Crippen LogP contribution in [0, 0.1) is 40.4 Å². The highest BCUT2D eigenvalue weighted by Crippen LogP contribution is 2.72. The van der Waals surface area contributed by atoms with Crippen molar-refractivity contribution >= 4 is 15.2 Å². The fourth-order valence-electron chi connectivity index (χ4n) is 9.08. The van der Waals surface area contributed by atoms with Gasteiger partial charge in [0.05, 0.1) is 4.86 Å². The van der Waals surface area contributed by atoms with Crippen LogP contribution in [0.4, 0.5) is 0 Å². The zero-order valence-electron chi connectivity index (χ0n) is 20.7. The van der Waals surface area contributed by atoms with E-state index in [-0.39, 0.29) is 16.4 Å². The second-order valence-corrected chi connectivity index (χ2v) is 13.8. The van der Waals surface area contributed by atoms with Crippen molar-refractivity contribution in [2.75, 3.05) is 0 Å². The molecule has 3 saturated carbocycles. The first kappa shape index (κ1) is 23.1. The second kappa shape index (κ2) is 7.68. The smallest absolute Gasteiger partial charge is 0.213 e. The molecular weight excluding hydrogens is 420 g/mol. The first-order valence-corrected chi connectivity index (χ1v) is 14.2. The molecule has 4 aliphatic carbocycles. The van der Waals surface area contributed by atoms with Crippen LogP contribution in [0.2, 0.25) is 0 Å². The van der Waals surface area contributed by atoms with Gasteiger partial charge in [-0.25, -0.2) is 9.78 Å². The molecule has 180 valence electrons. The molecule has 8 atom stereocenters. The Kier molecular flexibility index (Phi) is 5.55. The summed E-state index contributed by atoms with van der Waals surface area (Å²) >= 11 is 0. The molecule has 6 rings (SSSR count). The van der Waals surface area contributed by atoms with Gasteiger partial charge in [-0.15, -0.1) is 0 Å². The molecule has 0 amide bonds. The van der Waals surface area contributed by atoms with Crippen molar-refractivity contribution in [3.63, 3.8) is 0 Å². The van der Waals surface area contributed by atoms with Gasteiger partial charge in [0.25, 0.3) is 0 Å². The molecule has 0 aromatic heterocycles. The van der Waals surface area contributed by atoms with Crippen LogP contribution in [-0.2, 0) is 20.1 Å². The van der Waals surface area contributed by atoms with Crippen molar-refractivity contribution in [3.05, 3.63) is 12.2 Å². The lowest BCUT2D eigenvalue weighted by molar-refractivity contribution is -0.491. The molecule has 4 nitrogen and oxygen atoms in total. The Labute approximate surface area is 196 Å². The van der Waals surface area contributed by atoms with Gasteiger partial charge in [0.1, 0.15) is 11.2 Å². The summed E-state index contributed by atoms with van der Waals surface area (Å²) in [5.74, 6) is 3.18. The van der Waals surface area contributed by atoms with Crippen molar-refractivity contribution in [2.24, 2.45) is 40.4 Å². The first-order valence-electron chi connectivity index (χ1n) is 13.1. The lowest BCUT2D eigenvalue weighted by Crippen LogP contribution is -2.73. The minimum atomic E-state index is -2.14. The van der Waals surface area contributed by atoms with Crippen molar-refractivity contribution in [1.29, 1.82) is 0 Å². The topological polar surface area (TPSA) is 52.6 Å². The Bertz CT molecular complexity index is 929. The fourth-order valence-corrected chi connectivity index (χ4v) is 9.68. The van der Waals surface area contributed by atoms with E-state index in [1.165, 1.54) is 38.5 Å².